The summed E-state index contributed by atoms with van der Waals surface area (Å²) < 4.78 is 0. The highest BCUT2D eigenvalue weighted by Crippen LogP contribution is 2.05. The van der Waals surface area contributed by atoms with Crippen molar-refractivity contribution in [2.24, 2.45) is 11.7 Å². The van der Waals surface area contributed by atoms with Crippen molar-refractivity contribution in [3.63, 3.8) is 0 Å². The number of carbonyl (C=O) groups is 4. The van der Waals surface area contributed by atoms with Crippen molar-refractivity contribution < 1.29 is 24.3 Å². The van der Waals surface area contributed by atoms with Gasteiger partial charge in [0.25, 0.3) is 0 Å². The lowest BCUT2D eigenvalue weighted by Crippen LogP contribution is -2.53. The van der Waals surface area contributed by atoms with Gasteiger partial charge in [-0.15, -0.1) is 0 Å². The first-order valence-electron chi connectivity index (χ1n) is 8.93. The minimum absolute atomic E-state index is 0.0764. The predicted octanol–water partition coefficient (Wildman–Crippen LogP) is -1.48. The molecule has 3 amide bonds. The van der Waals surface area contributed by atoms with Gasteiger partial charge in [-0.3, -0.25) is 14.4 Å². The maximum Gasteiger partial charge on any atom is 0.326 e. The fraction of sp³-hybridized carbons (Fsp3) is 0.588. The Balaban J connectivity index is 2.41. The number of imidazole rings is 1. The zero-order valence-corrected chi connectivity index (χ0v) is 16.2. The number of carboxylic acid groups (broad SMARTS) is 1. The molecule has 156 valence electrons. The van der Waals surface area contributed by atoms with Crippen molar-refractivity contribution in [3.8, 4) is 0 Å². The average Bonchev–Trinajstić information content (AvgIpc) is 3.11. The topological polar surface area (TPSA) is 179 Å². The molecule has 0 bridgehead atoms. The van der Waals surface area contributed by atoms with Gasteiger partial charge in [0.15, 0.2) is 0 Å². The molecule has 0 aliphatic rings. The number of aromatic nitrogens is 2. The van der Waals surface area contributed by atoms with Crippen LogP contribution in [-0.4, -0.2) is 63.4 Å². The summed E-state index contributed by atoms with van der Waals surface area (Å²) in [5.41, 5.74) is 6.44. The highest BCUT2D eigenvalue weighted by molar-refractivity contribution is 5.92. The van der Waals surface area contributed by atoms with Crippen LogP contribution in [0, 0.1) is 5.92 Å². The number of H-pyrrole nitrogens is 1. The molecule has 1 aromatic heterocycles. The minimum atomic E-state index is -1.14. The first-order chi connectivity index (χ1) is 13.1. The number of nitrogens with zero attached hydrogens (tertiary/aromatic N) is 1. The molecule has 0 radical (unpaired) electrons. The van der Waals surface area contributed by atoms with Gasteiger partial charge in [0.1, 0.15) is 12.1 Å². The SMILES string of the molecule is CC(C)C[C@H](NC(=O)[C@H](C)NC(=O)CNC(=O)[C@@H](N)Cc1cnc[nH]1)C(=O)O. The molecule has 1 rings (SSSR count). The van der Waals surface area contributed by atoms with Gasteiger partial charge in [0, 0.05) is 18.3 Å². The summed E-state index contributed by atoms with van der Waals surface area (Å²) in [5, 5.41) is 16.3. The molecule has 1 aromatic rings. The number of carboxylic acids is 1. The van der Waals surface area contributed by atoms with Crippen LogP contribution in [0.2, 0.25) is 0 Å². The van der Waals surface area contributed by atoms with E-state index in [1.165, 1.54) is 13.3 Å². The summed E-state index contributed by atoms with van der Waals surface area (Å²) >= 11 is 0. The lowest BCUT2D eigenvalue weighted by Gasteiger charge is -2.20. The summed E-state index contributed by atoms with van der Waals surface area (Å²) in [6, 6.07) is -2.86. The largest absolute Gasteiger partial charge is 0.480 e. The number of carbonyl (C=O) groups excluding carboxylic acids is 3. The minimum Gasteiger partial charge on any atom is -0.480 e. The Hall–Kier alpha value is -2.95. The highest BCUT2D eigenvalue weighted by atomic mass is 16.4. The zero-order valence-electron chi connectivity index (χ0n) is 16.2. The zero-order chi connectivity index (χ0) is 21.3. The fourth-order valence-electron chi connectivity index (χ4n) is 2.37. The van der Waals surface area contributed by atoms with E-state index in [1.54, 1.807) is 6.20 Å². The summed E-state index contributed by atoms with van der Waals surface area (Å²) in [4.78, 5) is 53.8. The Morgan fingerprint density at radius 3 is 2.39 bits per heavy atom. The standard InChI is InChI=1S/C17H28N6O5/c1-9(2)4-13(17(27)28)23-15(25)10(3)22-14(24)7-20-16(26)12(18)5-11-6-19-8-21-11/h6,8-10,12-13H,4-5,7,18H2,1-3H3,(H,19,21)(H,20,26)(H,22,24)(H,23,25)(H,27,28)/t10-,12-,13-/m0/s1. The molecule has 11 nitrogen and oxygen atoms in total. The van der Waals surface area contributed by atoms with Gasteiger partial charge in [0.05, 0.1) is 18.9 Å². The second kappa shape index (κ2) is 11.0. The second-order valence-corrected chi connectivity index (χ2v) is 6.92. The molecular formula is C17H28N6O5. The third-order valence-electron chi connectivity index (χ3n) is 3.85. The summed E-state index contributed by atoms with van der Waals surface area (Å²) in [7, 11) is 0. The van der Waals surface area contributed by atoms with Gasteiger partial charge in [-0.25, -0.2) is 9.78 Å². The van der Waals surface area contributed by atoms with Gasteiger partial charge >= 0.3 is 5.97 Å². The molecular weight excluding hydrogens is 368 g/mol. The van der Waals surface area contributed by atoms with E-state index >= 15 is 0 Å². The Morgan fingerprint density at radius 2 is 1.86 bits per heavy atom. The van der Waals surface area contributed by atoms with E-state index in [4.69, 9.17) is 10.8 Å². The van der Waals surface area contributed by atoms with Crippen LogP contribution in [0.4, 0.5) is 0 Å². The molecule has 0 spiro atoms. The monoisotopic (exact) mass is 396 g/mol. The van der Waals surface area contributed by atoms with E-state index in [-0.39, 0.29) is 25.3 Å². The molecule has 3 atom stereocenters. The van der Waals surface area contributed by atoms with E-state index in [0.717, 1.165) is 0 Å². The molecule has 1 heterocycles. The van der Waals surface area contributed by atoms with Crippen LogP contribution in [0.1, 0.15) is 32.9 Å². The first-order valence-corrected chi connectivity index (χ1v) is 8.93. The molecule has 7 N–H and O–H groups in total. The van der Waals surface area contributed by atoms with Crippen molar-refractivity contribution in [1.29, 1.82) is 0 Å². The van der Waals surface area contributed by atoms with Gasteiger partial charge in [0.2, 0.25) is 17.7 Å². The van der Waals surface area contributed by atoms with E-state index in [9.17, 15) is 19.2 Å². The summed E-state index contributed by atoms with van der Waals surface area (Å²) in [6.07, 6.45) is 3.52. The first kappa shape index (κ1) is 23.1. The highest BCUT2D eigenvalue weighted by Gasteiger charge is 2.24. The number of nitrogens with one attached hydrogen (secondary N) is 4. The maximum absolute atomic E-state index is 12.1. The molecule has 0 aliphatic heterocycles. The molecule has 11 heteroatoms. The van der Waals surface area contributed by atoms with Crippen LogP contribution in [0.15, 0.2) is 12.5 Å². The van der Waals surface area contributed by atoms with E-state index in [0.29, 0.717) is 5.69 Å². The number of aliphatic carboxylic acids is 1. The van der Waals surface area contributed by atoms with E-state index < -0.39 is 41.8 Å². The van der Waals surface area contributed by atoms with Crippen molar-refractivity contribution in [3.05, 3.63) is 18.2 Å². The third kappa shape index (κ3) is 8.16. The second-order valence-electron chi connectivity index (χ2n) is 6.92. The lowest BCUT2D eigenvalue weighted by molar-refractivity contribution is -0.142. The van der Waals surface area contributed by atoms with Crippen LogP contribution in [0.25, 0.3) is 0 Å². The van der Waals surface area contributed by atoms with Crippen molar-refractivity contribution in [1.82, 2.24) is 25.9 Å². The molecule has 0 saturated heterocycles. The number of hydrogen-bond acceptors (Lipinski definition) is 6. The predicted molar refractivity (Wildman–Crippen MR) is 99.9 cm³/mol. The Labute approximate surface area is 162 Å². The van der Waals surface area contributed by atoms with E-state index in [1.807, 2.05) is 13.8 Å². The normalized spacial score (nSPS) is 14.0. The summed E-state index contributed by atoms with van der Waals surface area (Å²) in [5.74, 6) is -2.81. The van der Waals surface area contributed by atoms with Gasteiger partial charge in [-0.2, -0.15) is 0 Å². The molecule has 28 heavy (non-hydrogen) atoms. The molecule has 0 saturated carbocycles. The van der Waals surface area contributed by atoms with Gasteiger partial charge in [-0.05, 0) is 19.3 Å². The molecule has 0 aliphatic carbocycles. The van der Waals surface area contributed by atoms with Crippen LogP contribution in [-0.2, 0) is 25.6 Å². The quantitative estimate of drug-likeness (QED) is 0.264. The van der Waals surface area contributed by atoms with Crippen molar-refractivity contribution in [2.45, 2.75) is 51.7 Å². The van der Waals surface area contributed by atoms with Crippen LogP contribution < -0.4 is 21.7 Å². The Bertz CT molecular complexity index is 676. The van der Waals surface area contributed by atoms with Crippen LogP contribution in [0.3, 0.4) is 0 Å². The van der Waals surface area contributed by atoms with Gasteiger partial charge in [-0.1, -0.05) is 13.8 Å². The fourth-order valence-corrected chi connectivity index (χ4v) is 2.37. The van der Waals surface area contributed by atoms with Gasteiger partial charge < -0.3 is 31.8 Å². The Morgan fingerprint density at radius 1 is 1.18 bits per heavy atom. The molecule has 0 unspecified atom stereocenters. The number of hydrogen-bond donors (Lipinski definition) is 6. The number of amides is 3. The van der Waals surface area contributed by atoms with E-state index in [2.05, 4.69) is 25.9 Å². The summed E-state index contributed by atoms with van der Waals surface area (Å²) in [6.45, 7) is 4.74. The maximum atomic E-state index is 12.1. The van der Waals surface area contributed by atoms with Crippen LogP contribution >= 0.6 is 0 Å². The smallest absolute Gasteiger partial charge is 0.326 e. The molecule has 0 aromatic carbocycles. The molecule has 0 fully saturated rings. The Kier molecular flexibility index (Phi) is 9.09. The van der Waals surface area contributed by atoms with Crippen molar-refractivity contribution >= 4 is 23.7 Å². The van der Waals surface area contributed by atoms with Crippen LogP contribution in [0.5, 0.6) is 0 Å². The lowest BCUT2D eigenvalue weighted by atomic mass is 10.0. The third-order valence-corrected chi connectivity index (χ3v) is 3.85. The number of aromatic amines is 1. The number of nitrogens with two attached hydrogens (primary N) is 1. The van der Waals surface area contributed by atoms with Crippen molar-refractivity contribution in [2.75, 3.05) is 6.54 Å². The average molecular weight is 396 g/mol. The number of rotatable bonds is 11.